The van der Waals surface area contributed by atoms with Crippen molar-refractivity contribution >= 4 is 34.8 Å². The largest absolute Gasteiger partial charge is 0.321 e. The Morgan fingerprint density at radius 1 is 1.05 bits per heavy atom. The van der Waals surface area contributed by atoms with Gasteiger partial charge in [-0.15, -0.1) is 0 Å². The van der Waals surface area contributed by atoms with Gasteiger partial charge in [-0.3, -0.25) is 4.79 Å². The minimum Gasteiger partial charge on any atom is -0.321 e. The fourth-order valence-electron chi connectivity index (χ4n) is 1.90. The fourth-order valence-corrected chi connectivity index (χ4v) is 2.25. The maximum atomic E-state index is 12.2. The van der Waals surface area contributed by atoms with E-state index in [1.54, 1.807) is 18.2 Å². The lowest BCUT2D eigenvalue weighted by Crippen LogP contribution is -2.12. The zero-order valence-electron chi connectivity index (χ0n) is 10.6. The summed E-state index contributed by atoms with van der Waals surface area (Å²) in [5.74, 6) is -0.198. The summed E-state index contributed by atoms with van der Waals surface area (Å²) in [5.41, 5.74) is 3.21. The highest BCUT2D eigenvalue weighted by molar-refractivity contribution is 6.44. The molecule has 0 saturated heterocycles. The molecule has 0 aromatic heterocycles. The summed E-state index contributed by atoms with van der Waals surface area (Å²) < 4.78 is 0. The number of carbonyl (C=O) groups excluding carboxylic acids is 1. The number of amides is 1. The molecule has 0 radical (unpaired) electrons. The van der Waals surface area contributed by atoms with Crippen LogP contribution in [0.2, 0.25) is 10.0 Å². The summed E-state index contributed by atoms with van der Waals surface area (Å²) in [6.07, 6.45) is 0. The van der Waals surface area contributed by atoms with E-state index in [0.717, 1.165) is 11.1 Å². The third-order valence-electron chi connectivity index (χ3n) is 2.68. The SMILES string of the molecule is Cc1cc(C)cc(C(=O)Nc2cccc(Cl)c2Cl)c1. The van der Waals surface area contributed by atoms with Crippen LogP contribution in [0.4, 0.5) is 5.69 Å². The van der Waals surface area contributed by atoms with Gasteiger partial charge in [0, 0.05) is 5.56 Å². The molecule has 19 heavy (non-hydrogen) atoms. The van der Waals surface area contributed by atoms with E-state index >= 15 is 0 Å². The molecular weight excluding hydrogens is 281 g/mol. The molecule has 2 aromatic carbocycles. The Bertz CT molecular complexity index is 618. The molecule has 4 heteroatoms. The van der Waals surface area contributed by atoms with Crippen LogP contribution in [0.15, 0.2) is 36.4 Å². The van der Waals surface area contributed by atoms with Gasteiger partial charge in [-0.2, -0.15) is 0 Å². The standard InChI is InChI=1S/C15H13Cl2NO/c1-9-6-10(2)8-11(7-9)15(19)18-13-5-3-4-12(16)14(13)17/h3-8H,1-2H3,(H,18,19). The van der Waals surface area contributed by atoms with E-state index in [9.17, 15) is 4.79 Å². The van der Waals surface area contributed by atoms with Crippen LogP contribution < -0.4 is 5.32 Å². The molecule has 0 unspecified atom stereocenters. The first-order chi connectivity index (χ1) is 8.97. The Balaban J connectivity index is 2.28. The van der Waals surface area contributed by atoms with Crippen molar-refractivity contribution in [1.82, 2.24) is 0 Å². The van der Waals surface area contributed by atoms with Crippen LogP contribution in [0.25, 0.3) is 0 Å². The average Bonchev–Trinajstić information content (AvgIpc) is 2.33. The smallest absolute Gasteiger partial charge is 0.255 e. The second kappa shape index (κ2) is 5.64. The molecule has 2 nitrogen and oxygen atoms in total. The van der Waals surface area contributed by atoms with Crippen molar-refractivity contribution in [3.63, 3.8) is 0 Å². The van der Waals surface area contributed by atoms with Crippen molar-refractivity contribution in [2.24, 2.45) is 0 Å². The molecule has 1 N–H and O–H groups in total. The molecule has 98 valence electrons. The number of halogens is 2. The van der Waals surface area contributed by atoms with E-state index < -0.39 is 0 Å². The zero-order chi connectivity index (χ0) is 14.0. The molecule has 0 spiro atoms. The van der Waals surface area contributed by atoms with Gasteiger partial charge in [0.05, 0.1) is 15.7 Å². The number of aryl methyl sites for hydroxylation is 2. The van der Waals surface area contributed by atoms with E-state index in [2.05, 4.69) is 5.32 Å². The molecule has 2 aromatic rings. The number of anilines is 1. The van der Waals surface area contributed by atoms with Crippen molar-refractivity contribution < 1.29 is 4.79 Å². The van der Waals surface area contributed by atoms with Gasteiger partial charge in [0.2, 0.25) is 0 Å². The monoisotopic (exact) mass is 293 g/mol. The Labute approximate surface area is 122 Å². The van der Waals surface area contributed by atoms with Crippen LogP contribution >= 0.6 is 23.2 Å². The summed E-state index contributed by atoms with van der Waals surface area (Å²) in [6, 6.07) is 10.8. The molecule has 1 amide bonds. The summed E-state index contributed by atoms with van der Waals surface area (Å²) in [5, 5.41) is 3.53. The van der Waals surface area contributed by atoms with Crippen molar-refractivity contribution in [3.05, 3.63) is 63.1 Å². The Hall–Kier alpha value is -1.51. The first-order valence-electron chi connectivity index (χ1n) is 5.81. The van der Waals surface area contributed by atoms with E-state index in [-0.39, 0.29) is 5.91 Å². The lowest BCUT2D eigenvalue weighted by molar-refractivity contribution is 0.102. The number of carbonyl (C=O) groups is 1. The second-order valence-corrected chi connectivity index (χ2v) is 5.22. The third kappa shape index (κ3) is 3.28. The van der Waals surface area contributed by atoms with Gasteiger partial charge >= 0.3 is 0 Å². The Kier molecular flexibility index (Phi) is 4.13. The van der Waals surface area contributed by atoms with Crippen LogP contribution in [0, 0.1) is 13.8 Å². The van der Waals surface area contributed by atoms with Crippen LogP contribution in [-0.2, 0) is 0 Å². The number of rotatable bonds is 2. The highest BCUT2D eigenvalue weighted by Gasteiger charge is 2.10. The minimum atomic E-state index is -0.198. The number of nitrogens with one attached hydrogen (secondary N) is 1. The van der Waals surface area contributed by atoms with E-state index in [0.29, 0.717) is 21.3 Å². The molecule has 0 bridgehead atoms. The lowest BCUT2D eigenvalue weighted by Gasteiger charge is -2.09. The van der Waals surface area contributed by atoms with E-state index in [4.69, 9.17) is 23.2 Å². The van der Waals surface area contributed by atoms with Gasteiger partial charge in [0.15, 0.2) is 0 Å². The quantitative estimate of drug-likeness (QED) is 0.841. The topological polar surface area (TPSA) is 29.1 Å². The maximum Gasteiger partial charge on any atom is 0.255 e. The van der Waals surface area contributed by atoms with Crippen LogP contribution in [0.3, 0.4) is 0 Å². The van der Waals surface area contributed by atoms with E-state index in [1.807, 2.05) is 32.0 Å². The first kappa shape index (κ1) is 13.9. The summed E-state index contributed by atoms with van der Waals surface area (Å²) in [7, 11) is 0. The number of benzene rings is 2. The van der Waals surface area contributed by atoms with Crippen molar-refractivity contribution in [3.8, 4) is 0 Å². The predicted molar refractivity (Wildman–Crippen MR) is 80.3 cm³/mol. The van der Waals surface area contributed by atoms with Gasteiger partial charge in [0.1, 0.15) is 0 Å². The van der Waals surface area contributed by atoms with Gasteiger partial charge in [0.25, 0.3) is 5.91 Å². The summed E-state index contributed by atoms with van der Waals surface area (Å²) in [4.78, 5) is 12.2. The van der Waals surface area contributed by atoms with Gasteiger partial charge < -0.3 is 5.32 Å². The molecule has 0 fully saturated rings. The lowest BCUT2D eigenvalue weighted by atomic mass is 10.1. The van der Waals surface area contributed by atoms with Crippen LogP contribution in [0.5, 0.6) is 0 Å². The van der Waals surface area contributed by atoms with Gasteiger partial charge in [-0.1, -0.05) is 46.5 Å². The molecular formula is C15H13Cl2NO. The Morgan fingerprint density at radius 2 is 1.68 bits per heavy atom. The van der Waals surface area contributed by atoms with E-state index in [1.165, 1.54) is 0 Å². The number of hydrogen-bond acceptors (Lipinski definition) is 1. The van der Waals surface area contributed by atoms with Crippen molar-refractivity contribution in [2.45, 2.75) is 13.8 Å². The zero-order valence-corrected chi connectivity index (χ0v) is 12.1. The summed E-state index contributed by atoms with van der Waals surface area (Å²) in [6.45, 7) is 3.91. The van der Waals surface area contributed by atoms with Crippen LogP contribution in [0.1, 0.15) is 21.5 Å². The average molecular weight is 294 g/mol. The Morgan fingerprint density at radius 3 is 2.32 bits per heavy atom. The molecule has 0 atom stereocenters. The van der Waals surface area contributed by atoms with Crippen molar-refractivity contribution in [2.75, 3.05) is 5.32 Å². The van der Waals surface area contributed by atoms with Gasteiger partial charge in [-0.25, -0.2) is 0 Å². The maximum absolute atomic E-state index is 12.2. The van der Waals surface area contributed by atoms with Crippen molar-refractivity contribution in [1.29, 1.82) is 0 Å². The van der Waals surface area contributed by atoms with Gasteiger partial charge in [-0.05, 0) is 38.1 Å². The minimum absolute atomic E-state index is 0.198. The molecule has 0 aliphatic carbocycles. The number of hydrogen-bond donors (Lipinski definition) is 1. The summed E-state index contributed by atoms with van der Waals surface area (Å²) >= 11 is 12.0. The predicted octanol–water partition coefficient (Wildman–Crippen LogP) is 4.86. The highest BCUT2D eigenvalue weighted by atomic mass is 35.5. The van der Waals surface area contributed by atoms with Crippen LogP contribution in [-0.4, -0.2) is 5.91 Å². The normalized spacial score (nSPS) is 10.3. The fraction of sp³-hybridized carbons (Fsp3) is 0.133. The second-order valence-electron chi connectivity index (χ2n) is 4.43. The molecule has 0 saturated carbocycles. The molecule has 2 rings (SSSR count). The first-order valence-corrected chi connectivity index (χ1v) is 6.56. The third-order valence-corrected chi connectivity index (χ3v) is 3.50. The molecule has 0 heterocycles. The molecule has 0 aliphatic heterocycles. The highest BCUT2D eigenvalue weighted by Crippen LogP contribution is 2.29. The molecule has 0 aliphatic rings.